The van der Waals surface area contributed by atoms with E-state index in [4.69, 9.17) is 15.0 Å². The summed E-state index contributed by atoms with van der Waals surface area (Å²) in [5, 5.41) is 0. The average molecular weight is 629 g/mol. The Morgan fingerprint density at radius 2 is 0.833 bits per heavy atom. The van der Waals surface area contributed by atoms with Gasteiger partial charge in [-0.1, -0.05) is 140 Å². The molecular formula is C44H44N4. The van der Waals surface area contributed by atoms with Crippen molar-refractivity contribution in [1.29, 1.82) is 0 Å². The Hall–Kier alpha value is -5.09. The normalized spacial score (nSPS) is 14.0. The second-order valence-corrected chi connectivity index (χ2v) is 15.5. The van der Waals surface area contributed by atoms with Crippen molar-refractivity contribution in [3.8, 4) is 34.2 Å². The first kappa shape index (κ1) is 31.5. The largest absolute Gasteiger partial charge is 0.310 e. The fourth-order valence-electron chi connectivity index (χ4n) is 6.65. The molecule has 0 saturated carbocycles. The van der Waals surface area contributed by atoms with Crippen LogP contribution in [0.4, 0.5) is 17.1 Å². The number of nitrogens with zero attached hydrogens (tertiary/aromatic N) is 4. The molecular weight excluding hydrogens is 585 g/mol. The van der Waals surface area contributed by atoms with Crippen LogP contribution in [-0.4, -0.2) is 15.0 Å². The van der Waals surface area contributed by atoms with Gasteiger partial charge in [0.15, 0.2) is 17.5 Å². The van der Waals surface area contributed by atoms with Crippen LogP contribution < -0.4 is 4.90 Å². The Morgan fingerprint density at radius 3 is 1.21 bits per heavy atom. The first-order chi connectivity index (χ1) is 22.8. The van der Waals surface area contributed by atoms with Crippen LogP contribution >= 0.6 is 0 Å². The molecule has 0 fully saturated rings. The van der Waals surface area contributed by atoms with Gasteiger partial charge in [-0.25, -0.2) is 15.0 Å². The van der Waals surface area contributed by atoms with Gasteiger partial charge in [0.1, 0.15) is 0 Å². The van der Waals surface area contributed by atoms with Crippen LogP contribution in [0.5, 0.6) is 0 Å². The molecule has 0 N–H and O–H groups in total. The number of hydrogen-bond donors (Lipinski definition) is 0. The summed E-state index contributed by atoms with van der Waals surface area (Å²) in [5.41, 5.74) is 11.7. The topological polar surface area (TPSA) is 41.9 Å². The van der Waals surface area contributed by atoms with E-state index in [1.54, 1.807) is 0 Å². The average Bonchev–Trinajstić information content (AvgIpc) is 3.08. The zero-order valence-electron chi connectivity index (χ0n) is 29.3. The molecule has 0 bridgehead atoms. The number of fused-ring (bicyclic) bond motifs is 2. The number of benzene rings is 5. The molecule has 7 rings (SSSR count). The quantitative estimate of drug-likeness (QED) is 0.195. The summed E-state index contributed by atoms with van der Waals surface area (Å²) in [6.07, 6.45) is 0. The zero-order valence-corrected chi connectivity index (χ0v) is 29.3. The predicted octanol–water partition coefficient (Wildman–Crippen LogP) is 11.6. The number of anilines is 3. The van der Waals surface area contributed by atoms with E-state index < -0.39 is 0 Å². The van der Waals surface area contributed by atoms with E-state index in [1.807, 2.05) is 60.7 Å². The van der Waals surface area contributed by atoms with Crippen LogP contribution in [-0.2, 0) is 16.2 Å². The Morgan fingerprint density at radius 1 is 0.458 bits per heavy atom. The SMILES string of the molecule is CC(C)(C)c1ccc2c(c1)C(C)(C)c1cc(C(C)(C)C)ccc1N2c1ccc(-c2nc(-c3ccccc3)nc(-c3ccccc3)n2)cc1. The van der Waals surface area contributed by atoms with Crippen molar-refractivity contribution in [3.05, 3.63) is 144 Å². The number of rotatable bonds is 4. The van der Waals surface area contributed by atoms with Crippen LogP contribution in [0.25, 0.3) is 34.2 Å². The van der Waals surface area contributed by atoms with Gasteiger partial charge in [0.2, 0.25) is 0 Å². The standard InChI is InChI=1S/C44H44N4/c1-42(2,3)32-21-25-37-35(27-32)44(7,8)36-28-33(43(4,5)6)22-26-38(36)48(37)34-23-19-31(20-24-34)41-46-39(29-15-11-9-12-16-29)45-40(47-41)30-17-13-10-14-18-30/h9-28H,1-8H3. The molecule has 0 unspecified atom stereocenters. The van der Waals surface area contributed by atoms with Crippen molar-refractivity contribution < 1.29 is 0 Å². The van der Waals surface area contributed by atoms with Crippen LogP contribution in [0.2, 0.25) is 0 Å². The minimum atomic E-state index is -0.170. The third kappa shape index (κ3) is 5.70. The zero-order chi connectivity index (χ0) is 33.8. The summed E-state index contributed by atoms with van der Waals surface area (Å²) in [5.74, 6) is 1.97. The Bertz CT molecular complexity index is 1970. The molecule has 5 aromatic carbocycles. The molecule has 48 heavy (non-hydrogen) atoms. The molecule has 0 saturated heterocycles. The lowest BCUT2D eigenvalue weighted by atomic mass is 9.70. The highest BCUT2D eigenvalue weighted by atomic mass is 15.2. The van der Waals surface area contributed by atoms with E-state index in [0.29, 0.717) is 17.5 Å². The summed E-state index contributed by atoms with van der Waals surface area (Å²) >= 11 is 0. The molecule has 1 aliphatic heterocycles. The van der Waals surface area contributed by atoms with Gasteiger partial charge in [-0.15, -0.1) is 0 Å². The summed E-state index contributed by atoms with van der Waals surface area (Å²) in [6.45, 7) is 18.5. The van der Waals surface area contributed by atoms with Crippen molar-refractivity contribution in [1.82, 2.24) is 15.0 Å². The van der Waals surface area contributed by atoms with E-state index in [-0.39, 0.29) is 16.2 Å². The van der Waals surface area contributed by atoms with Gasteiger partial charge in [-0.2, -0.15) is 0 Å². The highest BCUT2D eigenvalue weighted by Crippen LogP contribution is 2.53. The molecule has 4 nitrogen and oxygen atoms in total. The molecule has 0 aliphatic carbocycles. The fourth-order valence-corrected chi connectivity index (χ4v) is 6.65. The lowest BCUT2D eigenvalue weighted by molar-refractivity contribution is 0.573. The van der Waals surface area contributed by atoms with Gasteiger partial charge in [0.25, 0.3) is 0 Å². The molecule has 0 atom stereocenters. The molecule has 6 aromatic rings. The first-order valence-corrected chi connectivity index (χ1v) is 16.9. The third-order valence-corrected chi connectivity index (χ3v) is 9.64. The third-order valence-electron chi connectivity index (χ3n) is 9.64. The van der Waals surface area contributed by atoms with Crippen molar-refractivity contribution in [3.63, 3.8) is 0 Å². The highest BCUT2D eigenvalue weighted by Gasteiger charge is 2.38. The monoisotopic (exact) mass is 628 g/mol. The van der Waals surface area contributed by atoms with Gasteiger partial charge in [-0.05, 0) is 69.5 Å². The maximum absolute atomic E-state index is 4.96. The Labute approximate surface area is 285 Å². The molecule has 0 spiro atoms. The summed E-state index contributed by atoms with van der Waals surface area (Å²) in [4.78, 5) is 17.2. The molecule has 1 aromatic heterocycles. The molecule has 0 radical (unpaired) electrons. The molecule has 240 valence electrons. The second-order valence-electron chi connectivity index (χ2n) is 15.5. The van der Waals surface area contributed by atoms with Crippen molar-refractivity contribution in [2.45, 2.75) is 71.6 Å². The van der Waals surface area contributed by atoms with Crippen molar-refractivity contribution >= 4 is 17.1 Å². The van der Waals surface area contributed by atoms with Gasteiger partial charge in [-0.3, -0.25) is 0 Å². The van der Waals surface area contributed by atoms with Crippen molar-refractivity contribution in [2.24, 2.45) is 0 Å². The van der Waals surface area contributed by atoms with E-state index in [1.165, 1.54) is 33.6 Å². The van der Waals surface area contributed by atoms with E-state index in [0.717, 1.165) is 22.4 Å². The summed E-state index contributed by atoms with van der Waals surface area (Å²) < 4.78 is 0. The number of hydrogen-bond acceptors (Lipinski definition) is 4. The van der Waals surface area contributed by atoms with Crippen molar-refractivity contribution in [2.75, 3.05) is 4.90 Å². The lowest BCUT2D eigenvalue weighted by Crippen LogP contribution is -2.32. The molecule has 4 heteroatoms. The van der Waals surface area contributed by atoms with E-state index >= 15 is 0 Å². The Kier molecular flexibility index (Phi) is 7.58. The summed E-state index contributed by atoms with van der Waals surface area (Å²) in [7, 11) is 0. The van der Waals surface area contributed by atoms with E-state index in [2.05, 4.69) is 121 Å². The van der Waals surface area contributed by atoms with Gasteiger partial charge >= 0.3 is 0 Å². The first-order valence-electron chi connectivity index (χ1n) is 16.9. The van der Waals surface area contributed by atoms with Crippen LogP contribution in [0.1, 0.15) is 77.6 Å². The van der Waals surface area contributed by atoms with Gasteiger partial charge in [0.05, 0.1) is 11.4 Å². The maximum atomic E-state index is 4.96. The van der Waals surface area contributed by atoms with Gasteiger partial charge in [0, 0.05) is 27.8 Å². The van der Waals surface area contributed by atoms with Crippen LogP contribution in [0.3, 0.4) is 0 Å². The van der Waals surface area contributed by atoms with Crippen LogP contribution in [0.15, 0.2) is 121 Å². The molecule has 0 amide bonds. The predicted molar refractivity (Wildman–Crippen MR) is 200 cm³/mol. The minimum Gasteiger partial charge on any atom is -0.310 e. The van der Waals surface area contributed by atoms with E-state index in [9.17, 15) is 0 Å². The minimum absolute atomic E-state index is 0.0485. The van der Waals surface area contributed by atoms with Gasteiger partial charge < -0.3 is 4.90 Å². The molecule has 2 heterocycles. The smallest absolute Gasteiger partial charge is 0.164 e. The highest BCUT2D eigenvalue weighted by molar-refractivity contribution is 5.87. The number of aromatic nitrogens is 3. The molecule has 1 aliphatic rings. The summed E-state index contributed by atoms with van der Waals surface area (Å²) in [6, 6.07) is 43.0. The second kappa shape index (κ2) is 11.6. The van der Waals surface area contributed by atoms with Crippen LogP contribution in [0, 0.1) is 0 Å². The maximum Gasteiger partial charge on any atom is 0.164 e. The lowest BCUT2D eigenvalue weighted by Gasteiger charge is -2.43. The Balaban J connectivity index is 1.37. The fraction of sp³-hybridized carbons (Fsp3) is 0.250.